The van der Waals surface area contributed by atoms with Crippen LogP contribution in [0.15, 0.2) is 67.3 Å². The van der Waals surface area contributed by atoms with E-state index in [9.17, 15) is 9.50 Å². The van der Waals surface area contributed by atoms with Gasteiger partial charge in [0, 0.05) is 11.6 Å². The fourth-order valence-electron chi connectivity index (χ4n) is 5.63. The molecule has 208 valence electrons. The van der Waals surface area contributed by atoms with Crippen LogP contribution in [0.1, 0.15) is 87.0 Å². The third kappa shape index (κ3) is 7.33. The molecule has 0 bridgehead atoms. The molecule has 2 nitrogen and oxygen atoms in total. The number of halogens is 3. The van der Waals surface area contributed by atoms with Crippen molar-refractivity contribution < 1.29 is 23.0 Å². The molecule has 1 saturated carbocycles. The minimum Gasteiger partial charge on any atom is -0.493 e. The van der Waals surface area contributed by atoms with Gasteiger partial charge in [0.15, 0.2) is 11.6 Å². The summed E-state index contributed by atoms with van der Waals surface area (Å²) >= 11 is 0. The summed E-state index contributed by atoms with van der Waals surface area (Å²) in [7, 11) is 0. The van der Waals surface area contributed by atoms with Crippen molar-refractivity contribution in [2.24, 2.45) is 5.92 Å². The summed E-state index contributed by atoms with van der Waals surface area (Å²) in [6, 6.07) is 15.5. The van der Waals surface area contributed by atoms with E-state index in [1.54, 1.807) is 48.5 Å². The second kappa shape index (κ2) is 13.8. The number of hydrogen-bond acceptors (Lipinski definition) is 2. The number of aliphatic hydroxyl groups is 1. The van der Waals surface area contributed by atoms with Gasteiger partial charge in [0.1, 0.15) is 11.6 Å². The van der Waals surface area contributed by atoms with Crippen LogP contribution in [0.25, 0.3) is 11.1 Å². The summed E-state index contributed by atoms with van der Waals surface area (Å²) in [5.41, 5.74) is 2.74. The quantitative estimate of drug-likeness (QED) is 0.184. The lowest BCUT2D eigenvalue weighted by Crippen LogP contribution is -2.16. The zero-order valence-electron chi connectivity index (χ0n) is 22.8. The molecule has 3 aromatic carbocycles. The lowest BCUT2D eigenvalue weighted by atomic mass is 9.76. The van der Waals surface area contributed by atoms with Crippen molar-refractivity contribution in [2.75, 3.05) is 6.61 Å². The first-order valence-electron chi connectivity index (χ1n) is 14.2. The Morgan fingerprint density at radius 3 is 2.38 bits per heavy atom. The maximum atomic E-state index is 15.2. The van der Waals surface area contributed by atoms with Crippen LogP contribution >= 0.6 is 0 Å². The van der Waals surface area contributed by atoms with E-state index in [0.717, 1.165) is 44.1 Å². The summed E-state index contributed by atoms with van der Waals surface area (Å²) in [5.74, 6) is -0.865. The van der Waals surface area contributed by atoms with Crippen molar-refractivity contribution in [3.8, 4) is 16.9 Å². The lowest BCUT2D eigenvalue weighted by Gasteiger charge is -2.29. The normalized spacial score (nSPS) is 18.1. The van der Waals surface area contributed by atoms with E-state index < -0.39 is 17.7 Å². The number of rotatable bonds is 12. The molecule has 1 aliphatic carbocycles. The molecule has 1 unspecified atom stereocenters. The van der Waals surface area contributed by atoms with Gasteiger partial charge in [0.05, 0.1) is 12.7 Å². The second-order valence-corrected chi connectivity index (χ2v) is 10.7. The highest BCUT2D eigenvalue weighted by Gasteiger charge is 2.27. The van der Waals surface area contributed by atoms with Crippen LogP contribution in [0.4, 0.5) is 13.2 Å². The van der Waals surface area contributed by atoms with E-state index in [-0.39, 0.29) is 17.3 Å². The first-order chi connectivity index (χ1) is 18.9. The van der Waals surface area contributed by atoms with Crippen LogP contribution in [0.3, 0.4) is 0 Å². The van der Waals surface area contributed by atoms with E-state index in [1.165, 1.54) is 6.07 Å². The standard InChI is InChI=1S/C34H39F3O2/c1-3-5-21-39-28-18-17-26(31(35)22-28)12-9-23-7-10-24(11-8-23)29-19-20-30(34(37)33(29)36)25-13-15-27(16-14-25)32(38)6-4-2/h3,13-20,22-24,32,38H,1,4-12,21H2,2H3. The van der Waals surface area contributed by atoms with Gasteiger partial charge in [0.2, 0.25) is 0 Å². The molecule has 0 amide bonds. The summed E-state index contributed by atoms with van der Waals surface area (Å²) in [5, 5.41) is 10.2. The van der Waals surface area contributed by atoms with Crippen molar-refractivity contribution in [1.29, 1.82) is 0 Å². The van der Waals surface area contributed by atoms with Crippen LogP contribution in [-0.4, -0.2) is 11.7 Å². The van der Waals surface area contributed by atoms with Crippen molar-refractivity contribution >= 4 is 0 Å². The molecule has 0 heterocycles. The Hall–Kier alpha value is -3.05. The Morgan fingerprint density at radius 1 is 0.974 bits per heavy atom. The molecule has 39 heavy (non-hydrogen) atoms. The molecule has 0 aliphatic heterocycles. The van der Waals surface area contributed by atoms with E-state index in [4.69, 9.17) is 4.74 Å². The molecular formula is C34H39F3O2. The van der Waals surface area contributed by atoms with E-state index in [2.05, 4.69) is 6.58 Å². The first-order valence-corrected chi connectivity index (χ1v) is 14.2. The van der Waals surface area contributed by atoms with E-state index in [0.29, 0.717) is 54.2 Å². The third-order valence-electron chi connectivity index (χ3n) is 8.00. The Bertz CT molecular complexity index is 1230. The van der Waals surface area contributed by atoms with E-state index in [1.807, 2.05) is 13.0 Å². The molecule has 0 radical (unpaired) electrons. The minimum atomic E-state index is -0.816. The maximum Gasteiger partial charge on any atom is 0.166 e. The zero-order chi connectivity index (χ0) is 27.8. The molecule has 0 saturated heterocycles. The smallest absolute Gasteiger partial charge is 0.166 e. The van der Waals surface area contributed by atoms with Gasteiger partial charge in [-0.05, 0) is 91.5 Å². The van der Waals surface area contributed by atoms with Gasteiger partial charge >= 0.3 is 0 Å². The van der Waals surface area contributed by atoms with E-state index >= 15 is 8.78 Å². The average molecular weight is 537 g/mol. The minimum absolute atomic E-state index is 0.0138. The summed E-state index contributed by atoms with van der Waals surface area (Å²) in [4.78, 5) is 0. The number of hydrogen-bond donors (Lipinski definition) is 1. The molecule has 0 spiro atoms. The average Bonchev–Trinajstić information content (AvgIpc) is 2.95. The molecule has 4 rings (SSSR count). The molecule has 1 atom stereocenters. The van der Waals surface area contributed by atoms with Gasteiger partial charge in [-0.25, -0.2) is 13.2 Å². The van der Waals surface area contributed by atoms with Crippen molar-refractivity contribution in [3.63, 3.8) is 0 Å². The number of aliphatic hydroxyl groups excluding tert-OH is 1. The zero-order valence-corrected chi connectivity index (χ0v) is 22.8. The molecule has 5 heteroatoms. The van der Waals surface area contributed by atoms with Crippen molar-refractivity contribution in [1.82, 2.24) is 0 Å². The van der Waals surface area contributed by atoms with Gasteiger partial charge in [0.25, 0.3) is 0 Å². The van der Waals surface area contributed by atoms with Crippen molar-refractivity contribution in [3.05, 3.63) is 101 Å². The number of benzene rings is 3. The van der Waals surface area contributed by atoms with Crippen LogP contribution in [-0.2, 0) is 6.42 Å². The Labute approximate surface area is 230 Å². The Kier molecular flexibility index (Phi) is 10.3. The molecule has 1 N–H and O–H groups in total. The highest BCUT2D eigenvalue weighted by molar-refractivity contribution is 5.65. The predicted molar refractivity (Wildman–Crippen MR) is 151 cm³/mol. The van der Waals surface area contributed by atoms with Gasteiger partial charge in [-0.15, -0.1) is 6.58 Å². The lowest BCUT2D eigenvalue weighted by molar-refractivity contribution is 0.166. The van der Waals surface area contributed by atoms with Crippen molar-refractivity contribution in [2.45, 2.75) is 76.7 Å². The SMILES string of the molecule is C=CCCOc1ccc(CCC2CCC(c3ccc(-c4ccc(C(O)CCC)cc4)c(F)c3F)CC2)c(F)c1. The van der Waals surface area contributed by atoms with Crippen LogP contribution in [0, 0.1) is 23.4 Å². The topological polar surface area (TPSA) is 29.5 Å². The van der Waals surface area contributed by atoms with Crippen LogP contribution < -0.4 is 4.74 Å². The number of ether oxygens (including phenoxy) is 1. The highest BCUT2D eigenvalue weighted by atomic mass is 19.2. The fraction of sp³-hybridized carbons (Fsp3) is 0.412. The largest absolute Gasteiger partial charge is 0.493 e. The molecule has 3 aromatic rings. The second-order valence-electron chi connectivity index (χ2n) is 10.7. The molecule has 0 aromatic heterocycles. The maximum absolute atomic E-state index is 15.2. The van der Waals surface area contributed by atoms with Crippen LogP contribution in [0.2, 0.25) is 0 Å². The summed E-state index contributed by atoms with van der Waals surface area (Å²) in [6.45, 7) is 6.14. The van der Waals surface area contributed by atoms with Gasteiger partial charge in [-0.3, -0.25) is 0 Å². The van der Waals surface area contributed by atoms with Crippen LogP contribution in [0.5, 0.6) is 5.75 Å². The highest BCUT2D eigenvalue weighted by Crippen LogP contribution is 2.40. The summed E-state index contributed by atoms with van der Waals surface area (Å²) in [6.07, 6.45) is 8.41. The Morgan fingerprint density at radius 2 is 1.72 bits per heavy atom. The summed E-state index contributed by atoms with van der Waals surface area (Å²) < 4.78 is 50.4. The van der Waals surface area contributed by atoms with Gasteiger partial charge in [-0.2, -0.15) is 0 Å². The van der Waals surface area contributed by atoms with Gasteiger partial charge < -0.3 is 9.84 Å². The Balaban J connectivity index is 1.32. The number of aryl methyl sites for hydroxylation is 1. The first kappa shape index (κ1) is 28.9. The predicted octanol–water partition coefficient (Wildman–Crippen LogP) is 9.47. The third-order valence-corrected chi connectivity index (χ3v) is 8.00. The fourth-order valence-corrected chi connectivity index (χ4v) is 5.63. The monoisotopic (exact) mass is 536 g/mol. The molecule has 1 fully saturated rings. The molecule has 1 aliphatic rings. The van der Waals surface area contributed by atoms with Gasteiger partial charge in [-0.1, -0.05) is 61.9 Å². The molecular weight excluding hydrogens is 497 g/mol.